The summed E-state index contributed by atoms with van der Waals surface area (Å²) < 4.78 is 15.6. The van der Waals surface area contributed by atoms with Crippen molar-refractivity contribution in [3.8, 4) is 22.8 Å². The van der Waals surface area contributed by atoms with Crippen molar-refractivity contribution in [2.45, 2.75) is 19.8 Å². The highest BCUT2D eigenvalue weighted by molar-refractivity contribution is 5.96. The Balaban J connectivity index is 2.54. The molecular formula is C15H17NO5. The zero-order chi connectivity index (χ0) is 15.4. The van der Waals surface area contributed by atoms with E-state index in [1.807, 2.05) is 6.92 Å². The zero-order valence-corrected chi connectivity index (χ0v) is 12.2. The summed E-state index contributed by atoms with van der Waals surface area (Å²) in [6.07, 6.45) is 1.31. The molecule has 0 saturated heterocycles. The monoisotopic (exact) mass is 291 g/mol. The second-order valence-corrected chi connectivity index (χ2v) is 4.45. The highest BCUT2D eigenvalue weighted by atomic mass is 16.5. The second-order valence-electron chi connectivity index (χ2n) is 4.45. The molecule has 1 heterocycles. The number of aromatic carboxylic acids is 1. The topological polar surface area (TPSA) is 81.8 Å². The molecule has 2 rings (SSSR count). The summed E-state index contributed by atoms with van der Waals surface area (Å²) in [5.74, 6) is 0.404. The molecule has 0 fully saturated rings. The molecule has 0 aliphatic carbocycles. The van der Waals surface area contributed by atoms with Crippen molar-refractivity contribution in [3.05, 3.63) is 29.5 Å². The molecule has 112 valence electrons. The highest BCUT2D eigenvalue weighted by Gasteiger charge is 2.23. The lowest BCUT2D eigenvalue weighted by Gasteiger charge is -2.08. The van der Waals surface area contributed by atoms with Gasteiger partial charge in [-0.3, -0.25) is 0 Å². The van der Waals surface area contributed by atoms with Gasteiger partial charge in [0.2, 0.25) is 0 Å². The van der Waals surface area contributed by atoms with Crippen LogP contribution in [0.15, 0.2) is 22.7 Å². The lowest BCUT2D eigenvalue weighted by Crippen LogP contribution is -2.01. The Morgan fingerprint density at radius 2 is 2.00 bits per heavy atom. The van der Waals surface area contributed by atoms with Crippen LogP contribution in [-0.2, 0) is 6.42 Å². The Hall–Kier alpha value is -2.50. The average molecular weight is 291 g/mol. The lowest BCUT2D eigenvalue weighted by atomic mass is 10.0. The van der Waals surface area contributed by atoms with Crippen molar-refractivity contribution >= 4 is 5.97 Å². The molecular weight excluding hydrogens is 274 g/mol. The van der Waals surface area contributed by atoms with Crippen LogP contribution in [0.3, 0.4) is 0 Å². The third-order valence-corrected chi connectivity index (χ3v) is 3.11. The molecule has 0 unspecified atom stereocenters. The first-order valence-corrected chi connectivity index (χ1v) is 6.56. The number of rotatable bonds is 6. The van der Waals surface area contributed by atoms with Crippen LogP contribution in [0, 0.1) is 0 Å². The standard InChI is InChI=1S/C15H17NO5/c1-4-5-11-13(15(17)18)14(16-21-11)9-6-7-10(19-2)12(8-9)20-3/h6-8H,4-5H2,1-3H3,(H,17,18). The van der Waals surface area contributed by atoms with Gasteiger partial charge in [-0.25, -0.2) is 4.79 Å². The fraction of sp³-hybridized carbons (Fsp3) is 0.333. The van der Waals surface area contributed by atoms with Crippen LogP contribution in [0.1, 0.15) is 29.5 Å². The number of hydrogen-bond acceptors (Lipinski definition) is 5. The number of carbonyl (C=O) groups is 1. The molecule has 0 spiro atoms. The molecule has 6 heteroatoms. The van der Waals surface area contributed by atoms with Gasteiger partial charge in [-0.15, -0.1) is 0 Å². The molecule has 0 aliphatic rings. The van der Waals surface area contributed by atoms with E-state index in [0.717, 1.165) is 6.42 Å². The molecule has 0 amide bonds. The normalized spacial score (nSPS) is 10.4. The van der Waals surface area contributed by atoms with E-state index >= 15 is 0 Å². The maximum absolute atomic E-state index is 11.5. The minimum Gasteiger partial charge on any atom is -0.493 e. The molecule has 1 N–H and O–H groups in total. The number of nitrogens with zero attached hydrogens (tertiary/aromatic N) is 1. The maximum atomic E-state index is 11.5. The molecule has 2 aromatic rings. The van der Waals surface area contributed by atoms with Crippen molar-refractivity contribution in [2.24, 2.45) is 0 Å². The Morgan fingerprint density at radius 1 is 1.29 bits per heavy atom. The van der Waals surface area contributed by atoms with Gasteiger partial charge < -0.3 is 19.1 Å². The summed E-state index contributed by atoms with van der Waals surface area (Å²) in [4.78, 5) is 11.5. The zero-order valence-electron chi connectivity index (χ0n) is 12.2. The SMILES string of the molecule is CCCc1onc(-c2ccc(OC)c(OC)c2)c1C(=O)O. The minimum atomic E-state index is -1.05. The summed E-state index contributed by atoms with van der Waals surface area (Å²) in [5.41, 5.74) is 1.01. The quantitative estimate of drug-likeness (QED) is 0.881. The van der Waals surface area contributed by atoms with Gasteiger partial charge in [0.25, 0.3) is 0 Å². The van der Waals surface area contributed by atoms with Crippen molar-refractivity contribution in [2.75, 3.05) is 14.2 Å². The van der Waals surface area contributed by atoms with E-state index in [9.17, 15) is 9.90 Å². The number of hydrogen-bond donors (Lipinski definition) is 1. The van der Waals surface area contributed by atoms with E-state index in [1.165, 1.54) is 14.2 Å². The smallest absolute Gasteiger partial charge is 0.341 e. The van der Waals surface area contributed by atoms with Gasteiger partial charge in [0.05, 0.1) is 14.2 Å². The fourth-order valence-corrected chi connectivity index (χ4v) is 2.12. The molecule has 0 radical (unpaired) electrons. The number of benzene rings is 1. The number of aromatic nitrogens is 1. The van der Waals surface area contributed by atoms with E-state index in [2.05, 4.69) is 5.16 Å². The van der Waals surface area contributed by atoms with E-state index in [0.29, 0.717) is 34.9 Å². The summed E-state index contributed by atoms with van der Waals surface area (Å²) in [6.45, 7) is 1.95. The third kappa shape index (κ3) is 2.84. The number of carboxylic acid groups (broad SMARTS) is 1. The number of carboxylic acids is 1. The summed E-state index contributed by atoms with van der Waals surface area (Å²) in [6, 6.07) is 5.11. The van der Waals surface area contributed by atoms with Crippen LogP contribution in [0.5, 0.6) is 11.5 Å². The van der Waals surface area contributed by atoms with Crippen LogP contribution in [0.25, 0.3) is 11.3 Å². The Kier molecular flexibility index (Phi) is 4.47. The number of aryl methyl sites for hydroxylation is 1. The molecule has 0 bridgehead atoms. The molecule has 1 aromatic carbocycles. The van der Waals surface area contributed by atoms with E-state index < -0.39 is 5.97 Å². The van der Waals surface area contributed by atoms with Crippen LogP contribution in [-0.4, -0.2) is 30.5 Å². The van der Waals surface area contributed by atoms with Crippen molar-refractivity contribution in [1.82, 2.24) is 5.16 Å². The average Bonchev–Trinajstić information content (AvgIpc) is 2.90. The van der Waals surface area contributed by atoms with Gasteiger partial charge in [0.15, 0.2) is 17.3 Å². The van der Waals surface area contributed by atoms with E-state index in [1.54, 1.807) is 18.2 Å². The first-order chi connectivity index (χ1) is 10.1. The first kappa shape index (κ1) is 14.9. The molecule has 6 nitrogen and oxygen atoms in total. The minimum absolute atomic E-state index is 0.101. The van der Waals surface area contributed by atoms with Crippen LogP contribution in [0.4, 0.5) is 0 Å². The van der Waals surface area contributed by atoms with Crippen LogP contribution >= 0.6 is 0 Å². The summed E-state index contributed by atoms with van der Waals surface area (Å²) >= 11 is 0. The van der Waals surface area contributed by atoms with Gasteiger partial charge in [-0.2, -0.15) is 0 Å². The van der Waals surface area contributed by atoms with Gasteiger partial charge in [-0.05, 0) is 24.6 Å². The van der Waals surface area contributed by atoms with Crippen molar-refractivity contribution in [3.63, 3.8) is 0 Å². The predicted molar refractivity (Wildman–Crippen MR) is 76.0 cm³/mol. The maximum Gasteiger partial charge on any atom is 0.341 e. The van der Waals surface area contributed by atoms with E-state index in [-0.39, 0.29) is 5.56 Å². The van der Waals surface area contributed by atoms with Gasteiger partial charge in [-0.1, -0.05) is 12.1 Å². The van der Waals surface area contributed by atoms with Gasteiger partial charge in [0, 0.05) is 12.0 Å². The Bertz CT molecular complexity index is 648. The molecule has 21 heavy (non-hydrogen) atoms. The predicted octanol–water partition coefficient (Wildman–Crippen LogP) is 3.01. The van der Waals surface area contributed by atoms with Crippen LogP contribution in [0.2, 0.25) is 0 Å². The van der Waals surface area contributed by atoms with Gasteiger partial charge in [0.1, 0.15) is 11.3 Å². The van der Waals surface area contributed by atoms with Crippen molar-refractivity contribution < 1.29 is 23.9 Å². The fourth-order valence-electron chi connectivity index (χ4n) is 2.12. The molecule has 0 atom stereocenters. The van der Waals surface area contributed by atoms with E-state index in [4.69, 9.17) is 14.0 Å². The van der Waals surface area contributed by atoms with Gasteiger partial charge >= 0.3 is 5.97 Å². The Morgan fingerprint density at radius 3 is 2.57 bits per heavy atom. The number of methoxy groups -OCH3 is 2. The second kappa shape index (κ2) is 6.30. The third-order valence-electron chi connectivity index (χ3n) is 3.11. The Labute approximate surface area is 122 Å². The summed E-state index contributed by atoms with van der Waals surface area (Å²) in [5, 5.41) is 13.3. The molecule has 1 aromatic heterocycles. The lowest BCUT2D eigenvalue weighted by molar-refractivity contribution is 0.0695. The number of ether oxygens (including phenoxy) is 2. The van der Waals surface area contributed by atoms with Crippen LogP contribution < -0.4 is 9.47 Å². The first-order valence-electron chi connectivity index (χ1n) is 6.56. The van der Waals surface area contributed by atoms with Crippen molar-refractivity contribution in [1.29, 1.82) is 0 Å². The molecule has 0 aliphatic heterocycles. The highest BCUT2D eigenvalue weighted by Crippen LogP contribution is 2.34. The summed E-state index contributed by atoms with van der Waals surface area (Å²) in [7, 11) is 3.06. The molecule has 0 saturated carbocycles. The largest absolute Gasteiger partial charge is 0.493 e.